The lowest BCUT2D eigenvalue weighted by atomic mass is 10.2. The number of unbranched alkanes of at least 4 members (excludes halogenated alkanes) is 2. The zero-order valence-electron chi connectivity index (χ0n) is 9.72. The Morgan fingerprint density at radius 1 is 1.07 bits per heavy atom. The highest BCUT2D eigenvalue weighted by molar-refractivity contribution is 6.55. The third-order valence-corrected chi connectivity index (χ3v) is 3.59. The number of rotatable bonds is 4. The van der Waals surface area contributed by atoms with E-state index in [-0.39, 0.29) is 8.80 Å². The first kappa shape index (κ1) is 12.1. The summed E-state index contributed by atoms with van der Waals surface area (Å²) < 4.78 is 0. The van der Waals surface area contributed by atoms with Crippen molar-refractivity contribution in [2.45, 2.75) is 38.4 Å². The van der Waals surface area contributed by atoms with Crippen molar-refractivity contribution in [1.82, 2.24) is 0 Å². The average Bonchev–Trinajstić information content (AvgIpc) is 2.24. The lowest BCUT2D eigenvalue weighted by Gasteiger charge is -1.99. The minimum Gasteiger partial charge on any atom is -0.0979 e. The summed E-state index contributed by atoms with van der Waals surface area (Å²) in [6.45, 7) is 4.75. The van der Waals surface area contributed by atoms with Gasteiger partial charge in [-0.2, -0.15) is 0 Å². The SMILES string of the molecule is C[Si](C)CCCCC#Cc1ccccc1. The van der Waals surface area contributed by atoms with Crippen LogP contribution in [0.15, 0.2) is 30.3 Å². The molecule has 0 aliphatic heterocycles. The van der Waals surface area contributed by atoms with Gasteiger partial charge < -0.3 is 0 Å². The zero-order chi connectivity index (χ0) is 10.9. The third kappa shape index (κ3) is 6.14. The third-order valence-electron chi connectivity index (χ3n) is 2.24. The Balaban J connectivity index is 2.18. The summed E-state index contributed by atoms with van der Waals surface area (Å²) in [5, 5.41) is 0. The molecule has 0 saturated carbocycles. The maximum atomic E-state index is 3.24. The number of benzene rings is 1. The van der Waals surface area contributed by atoms with Gasteiger partial charge in [0.2, 0.25) is 0 Å². The van der Waals surface area contributed by atoms with Crippen molar-refractivity contribution >= 4 is 8.80 Å². The Bertz CT molecular complexity index is 316. The first-order valence-electron chi connectivity index (χ1n) is 5.62. The van der Waals surface area contributed by atoms with Gasteiger partial charge in [-0.1, -0.05) is 55.6 Å². The summed E-state index contributed by atoms with van der Waals surface area (Å²) in [6, 6.07) is 11.6. The quantitative estimate of drug-likeness (QED) is 0.405. The van der Waals surface area contributed by atoms with Gasteiger partial charge in [0.05, 0.1) is 0 Å². The van der Waals surface area contributed by atoms with E-state index in [2.05, 4.69) is 37.1 Å². The van der Waals surface area contributed by atoms with Gasteiger partial charge in [-0.05, 0) is 18.6 Å². The van der Waals surface area contributed by atoms with Crippen LogP contribution in [0.1, 0.15) is 24.8 Å². The molecule has 0 nitrogen and oxygen atoms in total. The molecule has 0 N–H and O–H groups in total. The Kier molecular flexibility index (Phi) is 5.88. The van der Waals surface area contributed by atoms with E-state index >= 15 is 0 Å². The highest BCUT2D eigenvalue weighted by atomic mass is 28.3. The monoisotopic (exact) mass is 215 g/mol. The summed E-state index contributed by atoms with van der Waals surface area (Å²) >= 11 is 0. The summed E-state index contributed by atoms with van der Waals surface area (Å²) in [7, 11) is -0.0216. The molecule has 0 aliphatic carbocycles. The first-order valence-corrected chi connectivity index (χ1v) is 8.32. The molecule has 0 unspecified atom stereocenters. The number of hydrogen-bond acceptors (Lipinski definition) is 0. The topological polar surface area (TPSA) is 0 Å². The van der Waals surface area contributed by atoms with Gasteiger partial charge in [0, 0.05) is 20.8 Å². The maximum absolute atomic E-state index is 3.24. The van der Waals surface area contributed by atoms with Crippen molar-refractivity contribution in [1.29, 1.82) is 0 Å². The average molecular weight is 215 g/mol. The van der Waals surface area contributed by atoms with Crippen LogP contribution < -0.4 is 0 Å². The van der Waals surface area contributed by atoms with Crippen LogP contribution in [-0.2, 0) is 0 Å². The molecular weight excluding hydrogens is 196 g/mol. The normalized spacial score (nSPS) is 9.80. The first-order chi connectivity index (χ1) is 7.29. The molecule has 1 heteroatoms. The predicted octanol–water partition coefficient (Wildman–Crippen LogP) is 3.96. The molecule has 79 valence electrons. The molecule has 0 spiro atoms. The van der Waals surface area contributed by atoms with Gasteiger partial charge in [-0.15, -0.1) is 0 Å². The summed E-state index contributed by atoms with van der Waals surface area (Å²) in [6.07, 6.45) is 3.66. The van der Waals surface area contributed by atoms with E-state index in [0.717, 1.165) is 12.0 Å². The fourth-order valence-corrected chi connectivity index (χ4v) is 2.34. The summed E-state index contributed by atoms with van der Waals surface area (Å²) in [5.74, 6) is 6.43. The van der Waals surface area contributed by atoms with E-state index in [1.54, 1.807) is 0 Å². The molecule has 1 radical (unpaired) electrons. The van der Waals surface area contributed by atoms with Crippen LogP contribution >= 0.6 is 0 Å². The molecule has 1 rings (SSSR count). The van der Waals surface area contributed by atoms with Crippen LogP contribution in [0.3, 0.4) is 0 Å². The Morgan fingerprint density at radius 3 is 2.47 bits per heavy atom. The Hall–Kier alpha value is -1.00. The van der Waals surface area contributed by atoms with Gasteiger partial charge in [0.25, 0.3) is 0 Å². The van der Waals surface area contributed by atoms with Crippen molar-refractivity contribution in [3.05, 3.63) is 35.9 Å². The molecule has 0 saturated heterocycles. The maximum Gasteiger partial charge on any atom is 0.0412 e. The molecule has 1 aromatic rings. The van der Waals surface area contributed by atoms with E-state index in [1.165, 1.54) is 18.9 Å². The van der Waals surface area contributed by atoms with Gasteiger partial charge >= 0.3 is 0 Å². The second kappa shape index (κ2) is 7.31. The standard InChI is InChI=1S/C14H19Si/c1-15(2)13-9-4-3-6-10-14-11-7-5-8-12-14/h5,7-8,11-12H,3-4,9,13H2,1-2H3. The summed E-state index contributed by atoms with van der Waals surface area (Å²) in [5.41, 5.74) is 1.13. The Morgan fingerprint density at radius 2 is 1.80 bits per heavy atom. The highest BCUT2D eigenvalue weighted by Crippen LogP contribution is 2.03. The van der Waals surface area contributed by atoms with Gasteiger partial charge in [-0.25, -0.2) is 0 Å². The summed E-state index contributed by atoms with van der Waals surface area (Å²) in [4.78, 5) is 0. The Labute approximate surface area is 95.3 Å². The fourth-order valence-electron chi connectivity index (χ4n) is 1.38. The van der Waals surface area contributed by atoms with Crippen molar-refractivity contribution < 1.29 is 0 Å². The van der Waals surface area contributed by atoms with Gasteiger partial charge in [-0.3, -0.25) is 0 Å². The largest absolute Gasteiger partial charge is 0.0979 e. The second-order valence-corrected chi connectivity index (χ2v) is 7.00. The molecule has 0 atom stereocenters. The molecule has 0 amide bonds. The van der Waals surface area contributed by atoms with E-state index in [0.29, 0.717) is 0 Å². The molecule has 0 aliphatic rings. The fraction of sp³-hybridized carbons (Fsp3) is 0.429. The molecule has 0 fully saturated rings. The van der Waals surface area contributed by atoms with E-state index in [4.69, 9.17) is 0 Å². The molecule has 0 heterocycles. The zero-order valence-corrected chi connectivity index (χ0v) is 10.7. The predicted molar refractivity (Wildman–Crippen MR) is 69.5 cm³/mol. The minimum atomic E-state index is -0.0216. The molecule has 15 heavy (non-hydrogen) atoms. The van der Waals surface area contributed by atoms with Crippen LogP contribution in [0, 0.1) is 11.8 Å². The smallest absolute Gasteiger partial charge is 0.0412 e. The lowest BCUT2D eigenvalue weighted by Crippen LogP contribution is -1.97. The van der Waals surface area contributed by atoms with Gasteiger partial charge in [0.15, 0.2) is 0 Å². The molecule has 0 bridgehead atoms. The van der Waals surface area contributed by atoms with Crippen LogP contribution in [-0.4, -0.2) is 8.80 Å². The van der Waals surface area contributed by atoms with Crippen LogP contribution in [0.5, 0.6) is 0 Å². The second-order valence-electron chi connectivity index (χ2n) is 4.08. The molecular formula is C14H19Si. The highest BCUT2D eigenvalue weighted by Gasteiger charge is 1.93. The van der Waals surface area contributed by atoms with Crippen LogP contribution in [0.4, 0.5) is 0 Å². The van der Waals surface area contributed by atoms with Gasteiger partial charge in [0.1, 0.15) is 0 Å². The van der Waals surface area contributed by atoms with Crippen molar-refractivity contribution in [2.75, 3.05) is 0 Å². The molecule has 0 aromatic heterocycles. The van der Waals surface area contributed by atoms with Crippen molar-refractivity contribution in [3.63, 3.8) is 0 Å². The lowest BCUT2D eigenvalue weighted by molar-refractivity contribution is 0.820. The number of hydrogen-bond donors (Lipinski definition) is 0. The minimum absolute atomic E-state index is 0.0216. The van der Waals surface area contributed by atoms with E-state index in [9.17, 15) is 0 Å². The molecule has 1 aromatic carbocycles. The van der Waals surface area contributed by atoms with Crippen LogP contribution in [0.25, 0.3) is 0 Å². The van der Waals surface area contributed by atoms with E-state index in [1.807, 2.05) is 18.2 Å². The van der Waals surface area contributed by atoms with Crippen molar-refractivity contribution in [3.8, 4) is 11.8 Å². The van der Waals surface area contributed by atoms with Crippen LogP contribution in [0.2, 0.25) is 19.1 Å². The van der Waals surface area contributed by atoms with E-state index < -0.39 is 0 Å². The van der Waals surface area contributed by atoms with Crippen molar-refractivity contribution in [2.24, 2.45) is 0 Å².